The van der Waals surface area contributed by atoms with Crippen molar-refractivity contribution in [3.63, 3.8) is 0 Å². The number of carbonyl (C=O) groups is 1. The van der Waals surface area contributed by atoms with Crippen LogP contribution in [0.25, 0.3) is 21.9 Å². The standard InChI is InChI=1S/C21H14F2N10OS/c22-17(23)15-8-27-31-33(15)13-5-11(19(34)29-21(3-4-21)20-26-10-28-30-20)9-32-14(7-25-18(13)32)16-2-1-12(6-24)35-16/h1-2,5,7-10,17H,3-4H2,(H,29,34)(H,26,28,30). The van der Waals surface area contributed by atoms with Gasteiger partial charge in [0.1, 0.15) is 34.5 Å². The fourth-order valence-corrected chi connectivity index (χ4v) is 4.73. The van der Waals surface area contributed by atoms with Crippen molar-refractivity contribution in [2.75, 3.05) is 0 Å². The van der Waals surface area contributed by atoms with E-state index in [1.165, 1.54) is 23.7 Å². The van der Waals surface area contributed by atoms with E-state index in [0.717, 1.165) is 15.8 Å². The number of aromatic nitrogens is 8. The largest absolute Gasteiger partial charge is 0.339 e. The van der Waals surface area contributed by atoms with E-state index in [9.17, 15) is 18.8 Å². The average Bonchev–Trinajstić information content (AvgIpc) is 3.44. The molecule has 0 radical (unpaired) electrons. The summed E-state index contributed by atoms with van der Waals surface area (Å²) in [5, 5.41) is 26.3. The van der Waals surface area contributed by atoms with Gasteiger partial charge in [0.05, 0.1) is 34.1 Å². The highest BCUT2D eigenvalue weighted by Crippen LogP contribution is 2.43. The van der Waals surface area contributed by atoms with E-state index in [4.69, 9.17) is 0 Å². The van der Waals surface area contributed by atoms with E-state index >= 15 is 0 Å². The quantitative estimate of drug-likeness (QED) is 0.371. The van der Waals surface area contributed by atoms with Crippen LogP contribution in [-0.4, -0.2) is 45.5 Å². The number of thiophene rings is 1. The van der Waals surface area contributed by atoms with Crippen molar-refractivity contribution in [3.05, 3.63) is 65.1 Å². The molecule has 2 N–H and O–H groups in total. The topological polar surface area (TPSA) is 142 Å². The number of halogens is 2. The van der Waals surface area contributed by atoms with Crippen molar-refractivity contribution >= 4 is 22.9 Å². The lowest BCUT2D eigenvalue weighted by molar-refractivity contribution is 0.0928. The maximum absolute atomic E-state index is 13.7. The Hall–Kier alpha value is -4.51. The van der Waals surface area contributed by atoms with E-state index in [2.05, 4.69) is 41.9 Å². The van der Waals surface area contributed by atoms with Crippen molar-refractivity contribution in [1.82, 2.24) is 44.9 Å². The monoisotopic (exact) mass is 492 g/mol. The number of aromatic amines is 1. The average molecular weight is 492 g/mol. The summed E-state index contributed by atoms with van der Waals surface area (Å²) in [6, 6.07) is 6.99. The molecule has 1 aliphatic rings. The van der Waals surface area contributed by atoms with Crippen LogP contribution in [-0.2, 0) is 5.54 Å². The number of amides is 1. The van der Waals surface area contributed by atoms with Crippen molar-refractivity contribution in [2.24, 2.45) is 0 Å². The van der Waals surface area contributed by atoms with Gasteiger partial charge in [-0.2, -0.15) is 10.4 Å². The molecule has 0 atom stereocenters. The Bertz CT molecular complexity index is 1610. The number of nitrogens with one attached hydrogen (secondary N) is 2. The molecule has 0 aromatic carbocycles. The second kappa shape index (κ2) is 7.77. The highest BCUT2D eigenvalue weighted by atomic mass is 32.1. The second-order valence-corrected chi connectivity index (χ2v) is 9.05. The fraction of sp³-hybridized carbons (Fsp3) is 0.190. The first kappa shape index (κ1) is 21.1. The van der Waals surface area contributed by atoms with Gasteiger partial charge >= 0.3 is 0 Å². The number of hydrogen-bond donors (Lipinski definition) is 2. The highest BCUT2D eigenvalue weighted by molar-refractivity contribution is 7.15. The summed E-state index contributed by atoms with van der Waals surface area (Å²) in [6.07, 6.45) is 4.01. The van der Waals surface area contributed by atoms with Crippen LogP contribution in [0.3, 0.4) is 0 Å². The molecule has 6 rings (SSSR count). The Kier molecular flexibility index (Phi) is 4.68. The third kappa shape index (κ3) is 3.44. The zero-order valence-corrected chi connectivity index (χ0v) is 18.5. The van der Waals surface area contributed by atoms with Gasteiger partial charge in [-0.3, -0.25) is 14.3 Å². The van der Waals surface area contributed by atoms with Crippen LogP contribution in [0.2, 0.25) is 0 Å². The Morgan fingerprint density at radius 1 is 1.29 bits per heavy atom. The number of imidazole rings is 1. The van der Waals surface area contributed by atoms with Crippen molar-refractivity contribution in [2.45, 2.75) is 24.8 Å². The second-order valence-electron chi connectivity index (χ2n) is 7.97. The van der Waals surface area contributed by atoms with E-state index in [-0.39, 0.29) is 11.3 Å². The summed E-state index contributed by atoms with van der Waals surface area (Å²) in [4.78, 5) is 23.2. The Morgan fingerprint density at radius 2 is 2.14 bits per heavy atom. The predicted octanol–water partition coefficient (Wildman–Crippen LogP) is 2.99. The van der Waals surface area contributed by atoms with Gasteiger partial charge in [-0.05, 0) is 31.0 Å². The minimum absolute atomic E-state index is 0.165. The van der Waals surface area contributed by atoms with Gasteiger partial charge in [0.25, 0.3) is 12.3 Å². The summed E-state index contributed by atoms with van der Waals surface area (Å²) in [6.45, 7) is 0. The van der Waals surface area contributed by atoms with Crippen LogP contribution in [0.15, 0.2) is 43.1 Å². The van der Waals surface area contributed by atoms with Crippen LogP contribution >= 0.6 is 11.3 Å². The number of alkyl halides is 2. The Labute approximate surface area is 199 Å². The van der Waals surface area contributed by atoms with Crippen LogP contribution in [0.4, 0.5) is 8.78 Å². The Morgan fingerprint density at radius 3 is 2.83 bits per heavy atom. The predicted molar refractivity (Wildman–Crippen MR) is 118 cm³/mol. The number of fused-ring (bicyclic) bond motifs is 1. The molecule has 5 aromatic rings. The van der Waals surface area contributed by atoms with Gasteiger partial charge in [-0.25, -0.2) is 23.4 Å². The molecule has 11 nitrogen and oxygen atoms in total. The number of carbonyl (C=O) groups excluding carboxylic acids is 1. The van der Waals surface area contributed by atoms with Crippen LogP contribution in [0.5, 0.6) is 0 Å². The van der Waals surface area contributed by atoms with Crippen molar-refractivity contribution in [1.29, 1.82) is 5.26 Å². The van der Waals surface area contributed by atoms with E-state index in [1.54, 1.807) is 28.9 Å². The minimum Gasteiger partial charge on any atom is -0.339 e. The first-order valence-corrected chi connectivity index (χ1v) is 11.2. The first-order chi connectivity index (χ1) is 17.0. The molecule has 5 aromatic heterocycles. The van der Waals surface area contributed by atoms with Gasteiger partial charge in [0, 0.05) is 6.20 Å². The molecule has 0 unspecified atom stereocenters. The summed E-state index contributed by atoms with van der Waals surface area (Å²) in [7, 11) is 0. The summed E-state index contributed by atoms with van der Waals surface area (Å²) in [5.74, 6) is 0.124. The fourth-order valence-electron chi connectivity index (χ4n) is 3.92. The summed E-state index contributed by atoms with van der Waals surface area (Å²) in [5.41, 5.74) is 0.169. The smallest absolute Gasteiger partial charge is 0.282 e. The van der Waals surface area contributed by atoms with Crippen molar-refractivity contribution in [3.8, 4) is 22.3 Å². The lowest BCUT2D eigenvalue weighted by atomic mass is 10.2. The van der Waals surface area contributed by atoms with E-state index in [0.29, 0.717) is 34.9 Å². The Balaban J connectivity index is 1.50. The number of nitriles is 1. The molecule has 5 heterocycles. The van der Waals surface area contributed by atoms with Gasteiger partial charge in [-0.1, -0.05) is 5.21 Å². The molecule has 1 aliphatic carbocycles. The maximum atomic E-state index is 13.7. The number of H-pyrrole nitrogens is 1. The highest BCUT2D eigenvalue weighted by Gasteiger charge is 2.48. The molecule has 0 bridgehead atoms. The van der Waals surface area contributed by atoms with Crippen LogP contribution in [0.1, 0.15) is 46.0 Å². The molecular weight excluding hydrogens is 478 g/mol. The van der Waals surface area contributed by atoms with Gasteiger partial charge < -0.3 is 5.32 Å². The SMILES string of the molecule is N#Cc1ccc(-c2cnc3c(-n4nncc4C(F)F)cc(C(=O)NC4(c5ncn[nH]5)CC4)cn23)s1. The molecular formula is C21H14F2N10OS. The zero-order chi connectivity index (χ0) is 24.2. The molecule has 35 heavy (non-hydrogen) atoms. The number of hydrogen-bond acceptors (Lipinski definition) is 8. The van der Waals surface area contributed by atoms with E-state index < -0.39 is 23.6 Å². The zero-order valence-electron chi connectivity index (χ0n) is 17.7. The normalized spacial score (nSPS) is 14.3. The maximum Gasteiger partial charge on any atom is 0.282 e. The molecule has 0 saturated heterocycles. The van der Waals surface area contributed by atoms with Gasteiger partial charge in [-0.15, -0.1) is 16.4 Å². The van der Waals surface area contributed by atoms with E-state index in [1.807, 2.05) is 0 Å². The summed E-state index contributed by atoms with van der Waals surface area (Å²) < 4.78 is 29.9. The molecule has 0 aliphatic heterocycles. The minimum atomic E-state index is -2.84. The first-order valence-electron chi connectivity index (χ1n) is 10.4. The van der Waals surface area contributed by atoms with Gasteiger partial charge in [0.2, 0.25) is 0 Å². The lowest BCUT2D eigenvalue weighted by Gasteiger charge is -2.16. The number of nitrogens with zero attached hydrogens (tertiary/aromatic N) is 8. The van der Waals surface area contributed by atoms with Crippen LogP contribution in [0, 0.1) is 11.3 Å². The lowest BCUT2D eigenvalue weighted by Crippen LogP contribution is -2.36. The molecule has 1 saturated carbocycles. The van der Waals surface area contributed by atoms with Gasteiger partial charge in [0.15, 0.2) is 5.65 Å². The molecule has 14 heteroatoms. The molecule has 1 fully saturated rings. The molecule has 174 valence electrons. The number of pyridine rings is 1. The number of rotatable bonds is 6. The summed E-state index contributed by atoms with van der Waals surface area (Å²) >= 11 is 1.25. The molecule has 0 spiro atoms. The third-order valence-electron chi connectivity index (χ3n) is 5.82. The van der Waals surface area contributed by atoms with Crippen LogP contribution < -0.4 is 5.32 Å². The van der Waals surface area contributed by atoms with Crippen molar-refractivity contribution < 1.29 is 13.6 Å². The molecule has 1 amide bonds. The third-order valence-corrected chi connectivity index (χ3v) is 6.83.